The number of non-ortho nitro benzene ring substituents is 1. The molecular formula is C27H26N6O2. The highest BCUT2D eigenvalue weighted by Crippen LogP contribution is 2.19. The molecule has 0 aliphatic rings. The van der Waals surface area contributed by atoms with Crippen LogP contribution in [0.2, 0.25) is 0 Å². The minimum atomic E-state index is -0.363. The number of imidazole rings is 1. The van der Waals surface area contributed by atoms with Crippen LogP contribution in [0.15, 0.2) is 91.6 Å². The molecule has 0 unspecified atom stereocenters. The van der Waals surface area contributed by atoms with Crippen molar-refractivity contribution in [2.24, 2.45) is 7.05 Å². The lowest BCUT2D eigenvalue weighted by Crippen LogP contribution is -2.25. The molecule has 0 aliphatic carbocycles. The Balaban J connectivity index is 1.36. The van der Waals surface area contributed by atoms with Crippen LogP contribution in [-0.2, 0) is 26.6 Å². The molecule has 0 bridgehead atoms. The van der Waals surface area contributed by atoms with Gasteiger partial charge in [0, 0.05) is 62.3 Å². The summed E-state index contributed by atoms with van der Waals surface area (Å²) in [4.78, 5) is 17.2. The van der Waals surface area contributed by atoms with Gasteiger partial charge in [0.15, 0.2) is 0 Å². The van der Waals surface area contributed by atoms with Crippen molar-refractivity contribution in [3.63, 3.8) is 0 Å². The molecule has 2 aromatic heterocycles. The predicted octanol–water partition coefficient (Wildman–Crippen LogP) is 4.91. The molecule has 5 aromatic rings. The topological polar surface area (TPSA) is 82.0 Å². The molecule has 8 nitrogen and oxygen atoms in total. The first-order valence-corrected chi connectivity index (χ1v) is 11.5. The van der Waals surface area contributed by atoms with Gasteiger partial charge in [0.2, 0.25) is 0 Å². The van der Waals surface area contributed by atoms with E-state index in [9.17, 15) is 10.1 Å². The van der Waals surface area contributed by atoms with Crippen molar-refractivity contribution in [1.82, 2.24) is 24.2 Å². The van der Waals surface area contributed by atoms with Crippen LogP contribution in [-0.4, -0.2) is 35.7 Å². The average molecular weight is 467 g/mol. The maximum absolute atomic E-state index is 11.0. The highest BCUT2D eigenvalue weighted by molar-refractivity contribution is 5.79. The van der Waals surface area contributed by atoms with Crippen molar-refractivity contribution >= 4 is 16.6 Å². The summed E-state index contributed by atoms with van der Waals surface area (Å²) < 4.78 is 3.88. The molecule has 35 heavy (non-hydrogen) atoms. The maximum atomic E-state index is 11.0. The number of nitrogens with zero attached hydrogens (tertiary/aromatic N) is 6. The van der Waals surface area contributed by atoms with Gasteiger partial charge in [-0.1, -0.05) is 30.3 Å². The first-order chi connectivity index (χ1) is 17.0. The van der Waals surface area contributed by atoms with E-state index in [1.165, 1.54) is 11.1 Å². The third-order valence-corrected chi connectivity index (χ3v) is 6.20. The van der Waals surface area contributed by atoms with Gasteiger partial charge in [0.05, 0.1) is 23.0 Å². The molecule has 0 radical (unpaired) electrons. The Labute approximate surface area is 203 Å². The molecule has 0 spiro atoms. The number of hydrogen-bond donors (Lipinski definition) is 0. The summed E-state index contributed by atoms with van der Waals surface area (Å²) in [6.45, 7) is 2.38. The van der Waals surface area contributed by atoms with Crippen LogP contribution >= 0.6 is 0 Å². The minimum Gasteiger partial charge on any atom is -0.306 e. The van der Waals surface area contributed by atoms with Crippen LogP contribution in [0.4, 0.5) is 5.69 Å². The molecule has 0 aliphatic heterocycles. The zero-order valence-corrected chi connectivity index (χ0v) is 19.5. The number of nitro benzene ring substituents is 1. The van der Waals surface area contributed by atoms with Gasteiger partial charge in [-0.05, 0) is 47.4 Å². The highest BCUT2D eigenvalue weighted by atomic mass is 16.6. The third-order valence-electron chi connectivity index (χ3n) is 6.20. The lowest BCUT2D eigenvalue weighted by Gasteiger charge is -2.23. The lowest BCUT2D eigenvalue weighted by atomic mass is 10.1. The first kappa shape index (κ1) is 22.5. The van der Waals surface area contributed by atoms with Crippen molar-refractivity contribution < 1.29 is 4.92 Å². The van der Waals surface area contributed by atoms with E-state index >= 15 is 0 Å². The molecule has 0 amide bonds. The van der Waals surface area contributed by atoms with Crippen molar-refractivity contribution in [3.05, 3.63) is 118 Å². The molecule has 0 saturated carbocycles. The van der Waals surface area contributed by atoms with Gasteiger partial charge >= 0.3 is 0 Å². The van der Waals surface area contributed by atoms with Crippen molar-refractivity contribution in [2.45, 2.75) is 19.5 Å². The monoisotopic (exact) mass is 466 g/mol. The van der Waals surface area contributed by atoms with Crippen molar-refractivity contribution in [3.8, 4) is 5.69 Å². The summed E-state index contributed by atoms with van der Waals surface area (Å²) >= 11 is 0. The highest BCUT2D eigenvalue weighted by Gasteiger charge is 2.11. The number of aromatic nitrogens is 4. The van der Waals surface area contributed by atoms with E-state index in [1.807, 2.05) is 40.8 Å². The Hall–Kier alpha value is -4.30. The fourth-order valence-electron chi connectivity index (χ4n) is 4.34. The number of nitro groups is 1. The molecule has 0 N–H and O–H groups in total. The van der Waals surface area contributed by atoms with E-state index < -0.39 is 0 Å². The van der Waals surface area contributed by atoms with E-state index in [-0.39, 0.29) is 10.6 Å². The molecule has 3 aromatic carbocycles. The summed E-state index contributed by atoms with van der Waals surface area (Å²) in [7, 11) is 1.95. The fourth-order valence-corrected chi connectivity index (χ4v) is 4.34. The Morgan fingerprint density at radius 1 is 0.971 bits per heavy atom. The predicted molar refractivity (Wildman–Crippen MR) is 135 cm³/mol. The molecule has 8 heteroatoms. The van der Waals surface area contributed by atoms with E-state index in [0.717, 1.165) is 48.2 Å². The van der Waals surface area contributed by atoms with Crippen molar-refractivity contribution in [2.75, 3.05) is 6.54 Å². The van der Waals surface area contributed by atoms with Crippen LogP contribution in [0.25, 0.3) is 16.6 Å². The van der Waals surface area contributed by atoms with Crippen LogP contribution in [0.3, 0.4) is 0 Å². The van der Waals surface area contributed by atoms with Crippen LogP contribution < -0.4 is 0 Å². The van der Waals surface area contributed by atoms with Gasteiger partial charge < -0.3 is 4.57 Å². The Morgan fingerprint density at radius 2 is 1.74 bits per heavy atom. The SMILES string of the molecule is Cn1ncc2cc(CN(CCc3ccc([N+](=O)[O-])cc3)Cc3cccc(-n4ccnc4)c3)ccc21. The zero-order chi connectivity index (χ0) is 24.2. The van der Waals surface area contributed by atoms with Crippen molar-refractivity contribution in [1.29, 1.82) is 0 Å². The van der Waals surface area contributed by atoms with Crippen LogP contribution in [0.5, 0.6) is 0 Å². The smallest absolute Gasteiger partial charge is 0.269 e. The molecule has 2 heterocycles. The number of benzene rings is 3. The largest absolute Gasteiger partial charge is 0.306 e. The molecule has 0 atom stereocenters. The fraction of sp³-hybridized carbons (Fsp3) is 0.185. The summed E-state index contributed by atoms with van der Waals surface area (Å²) in [5, 5.41) is 16.5. The Morgan fingerprint density at radius 3 is 2.49 bits per heavy atom. The molecule has 5 rings (SSSR count). The van der Waals surface area contributed by atoms with Gasteiger partial charge in [-0.2, -0.15) is 5.10 Å². The number of aryl methyl sites for hydroxylation is 1. The summed E-state index contributed by atoms with van der Waals surface area (Å²) in [6, 6.07) is 21.8. The second-order valence-corrected chi connectivity index (χ2v) is 8.69. The maximum Gasteiger partial charge on any atom is 0.269 e. The molecule has 0 fully saturated rings. The summed E-state index contributed by atoms with van der Waals surface area (Å²) in [5.41, 5.74) is 5.82. The van der Waals surface area contributed by atoms with E-state index in [2.05, 4.69) is 57.4 Å². The molecule has 176 valence electrons. The second kappa shape index (κ2) is 9.90. The van der Waals surface area contributed by atoms with E-state index in [4.69, 9.17) is 0 Å². The number of rotatable bonds is 9. The zero-order valence-electron chi connectivity index (χ0n) is 19.5. The number of hydrogen-bond acceptors (Lipinski definition) is 5. The Kier molecular flexibility index (Phi) is 6.36. The van der Waals surface area contributed by atoms with Gasteiger partial charge in [0.25, 0.3) is 5.69 Å². The van der Waals surface area contributed by atoms with E-state index in [0.29, 0.717) is 0 Å². The summed E-state index contributed by atoms with van der Waals surface area (Å²) in [5.74, 6) is 0. The number of fused-ring (bicyclic) bond motifs is 1. The summed E-state index contributed by atoms with van der Waals surface area (Å²) in [6.07, 6.45) is 8.21. The van der Waals surface area contributed by atoms with Crippen LogP contribution in [0, 0.1) is 10.1 Å². The lowest BCUT2D eigenvalue weighted by molar-refractivity contribution is -0.384. The van der Waals surface area contributed by atoms with Gasteiger partial charge in [-0.15, -0.1) is 0 Å². The minimum absolute atomic E-state index is 0.117. The average Bonchev–Trinajstić information content (AvgIpc) is 3.53. The quantitative estimate of drug-likeness (QED) is 0.228. The van der Waals surface area contributed by atoms with Gasteiger partial charge in [-0.25, -0.2) is 4.98 Å². The van der Waals surface area contributed by atoms with Gasteiger partial charge in [-0.3, -0.25) is 19.7 Å². The molecule has 0 saturated heterocycles. The normalized spacial score (nSPS) is 11.4. The second-order valence-electron chi connectivity index (χ2n) is 8.69. The Bertz CT molecular complexity index is 1440. The third kappa shape index (κ3) is 5.28. The van der Waals surface area contributed by atoms with E-state index in [1.54, 1.807) is 24.7 Å². The first-order valence-electron chi connectivity index (χ1n) is 11.5. The van der Waals surface area contributed by atoms with Crippen LogP contribution in [0.1, 0.15) is 16.7 Å². The molecular weight excluding hydrogens is 440 g/mol. The van der Waals surface area contributed by atoms with Gasteiger partial charge in [0.1, 0.15) is 0 Å². The standard InChI is InChI=1S/C27H26N6O2/c1-30-27-10-7-23(15-24(27)17-29-30)19-31(13-11-21-5-8-25(9-6-21)33(34)35)18-22-3-2-4-26(16-22)32-14-12-28-20-32/h2-10,12,14-17,20H,11,13,18-19H2,1H3.